The van der Waals surface area contributed by atoms with Gasteiger partial charge in [0.15, 0.2) is 0 Å². The quantitative estimate of drug-likeness (QED) is 0.618. The molecule has 3 heteroatoms. The zero-order valence-corrected chi connectivity index (χ0v) is 12.9. The van der Waals surface area contributed by atoms with Crippen LogP contribution in [0.3, 0.4) is 0 Å². The highest BCUT2D eigenvalue weighted by Gasteiger charge is 2.17. The number of carbonyl (C=O) groups is 1. The van der Waals surface area contributed by atoms with E-state index in [2.05, 4.69) is 0 Å². The number of benzene rings is 2. The average Bonchev–Trinajstić information content (AvgIpc) is 2.52. The zero-order chi connectivity index (χ0) is 15.4. The Labute approximate surface area is 125 Å². The smallest absolute Gasteiger partial charge is 0.145 e. The number of aldehydes is 1. The topological polar surface area (TPSA) is 35.5 Å². The van der Waals surface area contributed by atoms with Crippen LogP contribution in [0, 0.1) is 6.92 Å². The Morgan fingerprint density at radius 2 is 1.67 bits per heavy atom. The molecule has 0 spiro atoms. The minimum absolute atomic E-state index is 0.640. The van der Waals surface area contributed by atoms with Gasteiger partial charge in [0.05, 0.1) is 14.2 Å². The first-order valence-corrected chi connectivity index (χ1v) is 6.88. The Morgan fingerprint density at radius 1 is 1.10 bits per heavy atom. The van der Waals surface area contributed by atoms with E-state index < -0.39 is 0 Å². The lowest BCUT2D eigenvalue weighted by atomic mass is 9.96. The van der Waals surface area contributed by atoms with E-state index in [9.17, 15) is 4.79 Å². The van der Waals surface area contributed by atoms with Gasteiger partial charge in [-0.15, -0.1) is 0 Å². The van der Waals surface area contributed by atoms with Crippen molar-refractivity contribution in [2.75, 3.05) is 14.2 Å². The summed E-state index contributed by atoms with van der Waals surface area (Å²) in [7, 11) is 3.35. The summed E-state index contributed by atoms with van der Waals surface area (Å²) in [6.45, 7) is 3.82. The Bertz CT molecular complexity index is 699. The summed E-state index contributed by atoms with van der Waals surface area (Å²) in [5.74, 6) is 1.71. The summed E-state index contributed by atoms with van der Waals surface area (Å²) in [5.41, 5.74) is 2.81. The minimum Gasteiger partial charge on any atom is -0.496 e. The molecule has 0 saturated heterocycles. The molecule has 0 amide bonds. The molecule has 2 rings (SSSR count). The first-order chi connectivity index (χ1) is 10.1. The molecule has 2 aromatic carbocycles. The second kappa shape index (κ2) is 6.44. The first kappa shape index (κ1) is 15.1. The van der Waals surface area contributed by atoms with E-state index in [1.54, 1.807) is 21.1 Å². The largest absolute Gasteiger partial charge is 0.496 e. The summed E-state index contributed by atoms with van der Waals surface area (Å²) in [5, 5.41) is 2.06. The number of methoxy groups -OCH3 is 2. The third kappa shape index (κ3) is 2.77. The highest BCUT2D eigenvalue weighted by atomic mass is 16.5. The molecule has 110 valence electrons. The summed E-state index contributed by atoms with van der Waals surface area (Å²) in [6, 6.07) is 8.02. The van der Waals surface area contributed by atoms with Gasteiger partial charge in [0.25, 0.3) is 0 Å². The monoisotopic (exact) mass is 284 g/mol. The molecule has 0 atom stereocenters. The Balaban J connectivity index is 2.73. The molecule has 2 aromatic rings. The van der Waals surface area contributed by atoms with E-state index in [0.29, 0.717) is 12.0 Å². The van der Waals surface area contributed by atoms with Gasteiger partial charge in [0.2, 0.25) is 0 Å². The fourth-order valence-electron chi connectivity index (χ4n) is 2.60. The molecule has 0 N–H and O–H groups in total. The lowest BCUT2D eigenvalue weighted by molar-refractivity contribution is -0.104. The van der Waals surface area contributed by atoms with Crippen molar-refractivity contribution in [2.45, 2.75) is 20.3 Å². The van der Waals surface area contributed by atoms with Crippen LogP contribution in [0.25, 0.3) is 10.8 Å². The maximum atomic E-state index is 10.8. The van der Waals surface area contributed by atoms with Crippen LogP contribution in [0.1, 0.15) is 18.1 Å². The van der Waals surface area contributed by atoms with E-state index in [4.69, 9.17) is 9.47 Å². The second-order valence-electron chi connectivity index (χ2n) is 4.99. The predicted octanol–water partition coefficient (Wildman–Crippen LogP) is 3.85. The van der Waals surface area contributed by atoms with Crippen molar-refractivity contribution >= 4 is 17.1 Å². The van der Waals surface area contributed by atoms with Crippen molar-refractivity contribution in [1.82, 2.24) is 0 Å². The molecule has 0 bridgehead atoms. The van der Waals surface area contributed by atoms with E-state index in [1.807, 2.05) is 37.3 Å². The maximum Gasteiger partial charge on any atom is 0.145 e. The average molecular weight is 284 g/mol. The molecule has 3 nitrogen and oxygen atoms in total. The second-order valence-corrected chi connectivity index (χ2v) is 4.99. The van der Waals surface area contributed by atoms with Crippen LogP contribution < -0.4 is 9.47 Å². The lowest BCUT2D eigenvalue weighted by Crippen LogP contribution is -2.00. The van der Waals surface area contributed by atoms with E-state index in [-0.39, 0.29) is 0 Å². The number of rotatable bonds is 5. The van der Waals surface area contributed by atoms with Crippen LogP contribution in [0.4, 0.5) is 0 Å². The highest BCUT2D eigenvalue weighted by molar-refractivity contribution is 5.96. The minimum atomic E-state index is 0.640. The molecule has 21 heavy (non-hydrogen) atoms. The van der Waals surface area contributed by atoms with Crippen molar-refractivity contribution in [3.63, 3.8) is 0 Å². The number of carbonyl (C=O) groups excluding carboxylic acids is 1. The van der Waals surface area contributed by atoms with E-state index in [1.165, 1.54) is 0 Å². The summed E-state index contributed by atoms with van der Waals surface area (Å²) >= 11 is 0. The molecule has 0 heterocycles. The molecule has 0 radical (unpaired) electrons. The van der Waals surface area contributed by atoms with Crippen LogP contribution in [-0.2, 0) is 11.2 Å². The van der Waals surface area contributed by atoms with Gasteiger partial charge >= 0.3 is 0 Å². The Kier molecular flexibility index (Phi) is 4.63. The number of fused-ring (bicyclic) bond motifs is 1. The zero-order valence-electron chi connectivity index (χ0n) is 12.9. The first-order valence-electron chi connectivity index (χ1n) is 6.88. The predicted molar refractivity (Wildman–Crippen MR) is 85.3 cm³/mol. The summed E-state index contributed by atoms with van der Waals surface area (Å²) in [6.07, 6.45) is 3.41. The van der Waals surface area contributed by atoms with Crippen molar-refractivity contribution in [3.05, 3.63) is 47.0 Å². The van der Waals surface area contributed by atoms with Crippen molar-refractivity contribution in [3.8, 4) is 11.5 Å². The van der Waals surface area contributed by atoms with Crippen LogP contribution in [-0.4, -0.2) is 20.5 Å². The summed E-state index contributed by atoms with van der Waals surface area (Å²) in [4.78, 5) is 10.8. The van der Waals surface area contributed by atoms with Crippen LogP contribution in [0.2, 0.25) is 0 Å². The van der Waals surface area contributed by atoms with Gasteiger partial charge in [-0.2, -0.15) is 0 Å². The molecule has 0 aliphatic carbocycles. The number of hydrogen-bond acceptors (Lipinski definition) is 3. The molecular formula is C18H20O3. The van der Waals surface area contributed by atoms with Crippen LogP contribution in [0.15, 0.2) is 35.9 Å². The molecule has 0 fully saturated rings. The van der Waals surface area contributed by atoms with Crippen molar-refractivity contribution in [1.29, 1.82) is 0 Å². The SMILES string of the molecule is COc1c(C)c(C/C=C(/C)C=O)c(OC)c2ccccc12. The number of allylic oxidation sites excluding steroid dienone is 2. The fraction of sp³-hybridized carbons (Fsp3) is 0.278. The molecule has 0 saturated carbocycles. The van der Waals surface area contributed by atoms with Gasteiger partial charge in [-0.25, -0.2) is 0 Å². The lowest BCUT2D eigenvalue weighted by Gasteiger charge is -2.18. The molecule has 0 aromatic heterocycles. The van der Waals surface area contributed by atoms with E-state index in [0.717, 1.165) is 39.7 Å². The Morgan fingerprint density at radius 3 is 2.19 bits per heavy atom. The van der Waals surface area contributed by atoms with Crippen molar-refractivity contribution < 1.29 is 14.3 Å². The molecular weight excluding hydrogens is 264 g/mol. The Hall–Kier alpha value is -2.29. The maximum absolute atomic E-state index is 10.8. The number of hydrogen-bond donors (Lipinski definition) is 0. The molecule has 0 unspecified atom stereocenters. The fourth-order valence-corrected chi connectivity index (χ4v) is 2.60. The summed E-state index contributed by atoms with van der Waals surface area (Å²) < 4.78 is 11.2. The third-order valence-electron chi connectivity index (χ3n) is 3.71. The van der Waals surface area contributed by atoms with E-state index >= 15 is 0 Å². The molecule has 0 aliphatic rings. The van der Waals surface area contributed by atoms with Crippen LogP contribution >= 0.6 is 0 Å². The van der Waals surface area contributed by atoms with Gasteiger partial charge in [-0.3, -0.25) is 4.79 Å². The third-order valence-corrected chi connectivity index (χ3v) is 3.71. The van der Waals surface area contributed by atoms with Gasteiger partial charge in [0, 0.05) is 16.3 Å². The number of ether oxygens (including phenoxy) is 2. The highest BCUT2D eigenvalue weighted by Crippen LogP contribution is 2.40. The van der Waals surface area contributed by atoms with Gasteiger partial charge < -0.3 is 9.47 Å². The van der Waals surface area contributed by atoms with Crippen LogP contribution in [0.5, 0.6) is 11.5 Å². The standard InChI is InChI=1S/C18H20O3/c1-12(11-19)9-10-14-13(2)17(20-3)15-7-5-6-8-16(15)18(14)21-4/h5-9,11H,10H2,1-4H3/b12-9-. The van der Waals surface area contributed by atoms with Gasteiger partial charge in [0.1, 0.15) is 17.8 Å². The van der Waals surface area contributed by atoms with Gasteiger partial charge in [-0.05, 0) is 31.4 Å². The normalized spacial score (nSPS) is 11.5. The molecule has 0 aliphatic heterocycles. The van der Waals surface area contributed by atoms with Crippen molar-refractivity contribution in [2.24, 2.45) is 0 Å². The van der Waals surface area contributed by atoms with Gasteiger partial charge in [-0.1, -0.05) is 30.3 Å².